The summed E-state index contributed by atoms with van der Waals surface area (Å²) in [7, 11) is 1.47. The first-order valence-electron chi connectivity index (χ1n) is 6.42. The van der Waals surface area contributed by atoms with Crippen molar-refractivity contribution in [2.45, 2.75) is 12.5 Å². The monoisotopic (exact) mass is 322 g/mol. The van der Waals surface area contributed by atoms with Crippen LogP contribution in [0.15, 0.2) is 36.4 Å². The summed E-state index contributed by atoms with van der Waals surface area (Å²) in [6.45, 7) is 0. The predicted molar refractivity (Wildman–Crippen MR) is 81.8 cm³/mol. The van der Waals surface area contributed by atoms with Gasteiger partial charge in [0.25, 0.3) is 0 Å². The third kappa shape index (κ3) is 2.47. The Morgan fingerprint density at radius 2 is 1.95 bits per heavy atom. The number of fused-ring (bicyclic) bond motifs is 1. The highest BCUT2D eigenvalue weighted by molar-refractivity contribution is 6.39. The molecule has 0 aliphatic carbocycles. The predicted octanol–water partition coefficient (Wildman–Crippen LogP) is 4.71. The van der Waals surface area contributed by atoms with Gasteiger partial charge in [0.15, 0.2) is 17.3 Å². The van der Waals surface area contributed by atoms with Gasteiger partial charge in [0.1, 0.15) is 11.1 Å². The summed E-state index contributed by atoms with van der Waals surface area (Å²) in [5.41, 5.74) is 1.33. The summed E-state index contributed by atoms with van der Waals surface area (Å²) >= 11 is 12.3. The highest BCUT2D eigenvalue weighted by atomic mass is 35.5. The van der Waals surface area contributed by atoms with Crippen LogP contribution in [0.5, 0.6) is 11.5 Å². The molecule has 0 spiro atoms. The average molecular weight is 323 g/mol. The van der Waals surface area contributed by atoms with Crippen LogP contribution < -0.4 is 9.47 Å². The molecule has 0 radical (unpaired) electrons. The molecule has 1 atom stereocenters. The normalized spacial score (nSPS) is 17.1. The smallest absolute Gasteiger partial charge is 0.170 e. The van der Waals surface area contributed by atoms with Crippen LogP contribution in [0.1, 0.15) is 28.4 Å². The molecule has 3 nitrogen and oxygen atoms in total. The molecule has 0 fully saturated rings. The van der Waals surface area contributed by atoms with Gasteiger partial charge in [-0.25, -0.2) is 0 Å². The fraction of sp³-hybridized carbons (Fsp3) is 0.188. The van der Waals surface area contributed by atoms with Crippen LogP contribution in [0, 0.1) is 0 Å². The third-order valence-corrected chi connectivity index (χ3v) is 4.06. The van der Waals surface area contributed by atoms with Crippen molar-refractivity contribution in [1.29, 1.82) is 0 Å². The van der Waals surface area contributed by atoms with Gasteiger partial charge < -0.3 is 9.47 Å². The fourth-order valence-electron chi connectivity index (χ4n) is 2.41. The second kappa shape index (κ2) is 5.58. The molecule has 5 heteroatoms. The molecule has 0 aromatic heterocycles. The van der Waals surface area contributed by atoms with Crippen LogP contribution in [0.2, 0.25) is 10.0 Å². The van der Waals surface area contributed by atoms with Crippen molar-refractivity contribution in [2.24, 2.45) is 0 Å². The Morgan fingerprint density at radius 3 is 2.62 bits per heavy atom. The topological polar surface area (TPSA) is 35.5 Å². The number of hydrogen-bond acceptors (Lipinski definition) is 3. The number of hydrogen-bond donors (Lipinski definition) is 0. The number of rotatable bonds is 2. The lowest BCUT2D eigenvalue weighted by Crippen LogP contribution is -2.20. The van der Waals surface area contributed by atoms with Crippen LogP contribution in [0.4, 0.5) is 0 Å². The molecule has 0 saturated heterocycles. The highest BCUT2D eigenvalue weighted by Gasteiger charge is 2.31. The molecule has 108 valence electrons. The Morgan fingerprint density at radius 1 is 1.24 bits per heavy atom. The van der Waals surface area contributed by atoms with Crippen LogP contribution >= 0.6 is 23.2 Å². The van der Waals surface area contributed by atoms with Crippen molar-refractivity contribution in [2.75, 3.05) is 7.11 Å². The zero-order valence-electron chi connectivity index (χ0n) is 11.2. The van der Waals surface area contributed by atoms with E-state index < -0.39 is 0 Å². The van der Waals surface area contributed by atoms with Gasteiger partial charge >= 0.3 is 0 Å². The number of Topliss-reactive ketones (excluding diaryl/α,β-unsaturated/α-hetero) is 1. The minimum Gasteiger partial charge on any atom is -0.493 e. The Kier molecular flexibility index (Phi) is 3.79. The first-order valence-corrected chi connectivity index (χ1v) is 7.18. The molecule has 1 aliphatic rings. The molecule has 0 N–H and O–H groups in total. The lowest BCUT2D eigenvalue weighted by atomic mass is 9.96. The molecule has 2 aromatic rings. The van der Waals surface area contributed by atoms with Gasteiger partial charge in [-0.05, 0) is 11.6 Å². The maximum Gasteiger partial charge on any atom is 0.170 e. The van der Waals surface area contributed by atoms with E-state index in [0.29, 0.717) is 22.1 Å². The van der Waals surface area contributed by atoms with Crippen molar-refractivity contribution < 1.29 is 14.3 Å². The van der Waals surface area contributed by atoms with E-state index >= 15 is 0 Å². The highest BCUT2D eigenvalue weighted by Crippen LogP contribution is 2.47. The van der Waals surface area contributed by atoms with Gasteiger partial charge in [0.2, 0.25) is 0 Å². The Bertz CT molecular complexity index is 698. The van der Waals surface area contributed by atoms with Crippen LogP contribution in [-0.4, -0.2) is 12.9 Å². The minimum absolute atomic E-state index is 0.0449. The molecule has 0 saturated carbocycles. The molecule has 1 heterocycles. The number of ketones is 1. The molecule has 2 aromatic carbocycles. The molecular weight excluding hydrogens is 311 g/mol. The van der Waals surface area contributed by atoms with Crippen molar-refractivity contribution in [1.82, 2.24) is 0 Å². The van der Waals surface area contributed by atoms with Gasteiger partial charge in [-0.3, -0.25) is 4.79 Å². The van der Waals surface area contributed by atoms with Crippen molar-refractivity contribution in [3.8, 4) is 11.5 Å². The summed E-state index contributed by atoms with van der Waals surface area (Å²) < 4.78 is 11.1. The Balaban J connectivity index is 2.07. The largest absolute Gasteiger partial charge is 0.493 e. The molecule has 1 aliphatic heterocycles. The van der Waals surface area contributed by atoms with E-state index in [9.17, 15) is 4.79 Å². The van der Waals surface area contributed by atoms with Gasteiger partial charge in [-0.1, -0.05) is 53.5 Å². The van der Waals surface area contributed by atoms with E-state index in [1.165, 1.54) is 7.11 Å². The molecular formula is C16H12Cl2O3. The van der Waals surface area contributed by atoms with Crippen molar-refractivity contribution in [3.63, 3.8) is 0 Å². The zero-order chi connectivity index (χ0) is 15.0. The quantitative estimate of drug-likeness (QED) is 0.803. The average Bonchev–Trinajstić information content (AvgIpc) is 2.49. The number of carbonyl (C=O) groups excluding carboxylic acids is 1. The number of benzene rings is 2. The van der Waals surface area contributed by atoms with Crippen LogP contribution in [0.3, 0.4) is 0 Å². The van der Waals surface area contributed by atoms with E-state index in [1.807, 2.05) is 30.3 Å². The van der Waals surface area contributed by atoms with E-state index in [4.69, 9.17) is 32.7 Å². The Hall–Kier alpha value is -1.71. The molecule has 0 bridgehead atoms. The van der Waals surface area contributed by atoms with E-state index in [2.05, 4.69) is 0 Å². The van der Waals surface area contributed by atoms with Crippen LogP contribution in [-0.2, 0) is 0 Å². The second-order valence-corrected chi connectivity index (χ2v) is 5.51. The van der Waals surface area contributed by atoms with Gasteiger partial charge in [0, 0.05) is 0 Å². The van der Waals surface area contributed by atoms with Gasteiger partial charge in [-0.2, -0.15) is 0 Å². The standard InChI is InChI=1S/C16H12Cl2O3/c1-20-16-11(17)7-10-12(19)8-13(21-15(10)14(16)18)9-5-3-2-4-6-9/h2-7,13H,8H2,1H3. The summed E-state index contributed by atoms with van der Waals surface area (Å²) in [6.07, 6.45) is -0.0923. The van der Waals surface area contributed by atoms with Crippen molar-refractivity contribution >= 4 is 29.0 Å². The molecule has 1 unspecified atom stereocenters. The van der Waals surface area contributed by atoms with Gasteiger partial charge in [0.05, 0.1) is 24.1 Å². The first-order chi connectivity index (χ1) is 10.1. The zero-order valence-corrected chi connectivity index (χ0v) is 12.7. The number of ether oxygens (including phenoxy) is 2. The van der Waals surface area contributed by atoms with E-state index in [0.717, 1.165) is 5.56 Å². The Labute approximate surface area is 132 Å². The molecule has 3 rings (SSSR count). The maximum absolute atomic E-state index is 12.3. The van der Waals surface area contributed by atoms with Gasteiger partial charge in [-0.15, -0.1) is 0 Å². The number of carbonyl (C=O) groups is 1. The summed E-state index contributed by atoms with van der Waals surface area (Å²) in [6, 6.07) is 11.1. The number of halogens is 2. The SMILES string of the molecule is COc1c(Cl)cc2c(c1Cl)OC(c1ccccc1)CC2=O. The first kappa shape index (κ1) is 14.2. The summed E-state index contributed by atoms with van der Waals surface area (Å²) in [5, 5.41) is 0.533. The maximum atomic E-state index is 12.3. The van der Waals surface area contributed by atoms with E-state index in [1.54, 1.807) is 6.07 Å². The molecule has 0 amide bonds. The van der Waals surface area contributed by atoms with Crippen LogP contribution in [0.25, 0.3) is 0 Å². The third-order valence-electron chi connectivity index (χ3n) is 3.44. The summed E-state index contributed by atoms with van der Waals surface area (Å²) in [5.74, 6) is 0.609. The fourth-order valence-corrected chi connectivity index (χ4v) is 3.06. The second-order valence-electron chi connectivity index (χ2n) is 4.73. The lowest BCUT2D eigenvalue weighted by Gasteiger charge is -2.27. The van der Waals surface area contributed by atoms with E-state index in [-0.39, 0.29) is 23.3 Å². The van der Waals surface area contributed by atoms with Crippen molar-refractivity contribution in [3.05, 3.63) is 57.6 Å². The number of methoxy groups -OCH3 is 1. The lowest BCUT2D eigenvalue weighted by molar-refractivity contribution is 0.0849. The molecule has 21 heavy (non-hydrogen) atoms. The minimum atomic E-state index is -0.352. The summed E-state index contributed by atoms with van der Waals surface area (Å²) in [4.78, 5) is 12.3.